The van der Waals surface area contributed by atoms with Gasteiger partial charge in [0.2, 0.25) is 0 Å². The number of carbonyl (C=O) groups excluding carboxylic acids is 2. The van der Waals surface area contributed by atoms with Crippen molar-refractivity contribution in [3.05, 3.63) is 23.8 Å². The molecule has 118 valence electrons. The molecule has 0 saturated heterocycles. The van der Waals surface area contributed by atoms with Crippen LogP contribution < -0.4 is 22.9 Å². The van der Waals surface area contributed by atoms with E-state index in [1.807, 2.05) is 0 Å². The zero-order valence-corrected chi connectivity index (χ0v) is 12.8. The topological polar surface area (TPSA) is 102 Å². The lowest BCUT2D eigenvalue weighted by Gasteiger charge is -2.14. The predicted molar refractivity (Wildman–Crippen MR) is 71.5 cm³/mol. The highest BCUT2D eigenvalue weighted by Gasteiger charge is 2.16. The van der Waals surface area contributed by atoms with Gasteiger partial charge in [-0.2, -0.15) is 0 Å². The molecule has 1 atom stereocenters. The number of esters is 1. The Hall–Kier alpha value is -1.99. The summed E-state index contributed by atoms with van der Waals surface area (Å²) in [6, 6.07) is 3.60. The van der Waals surface area contributed by atoms with Gasteiger partial charge >= 0.3 is 12.1 Å². The number of ether oxygens (including phenoxy) is 2. The number of nitrogens with two attached hydrogens (primary N) is 1. The Morgan fingerprint density at radius 3 is 2.52 bits per heavy atom. The summed E-state index contributed by atoms with van der Waals surface area (Å²) in [5, 5.41) is 9.64. The quantitative estimate of drug-likeness (QED) is 0.595. The highest BCUT2D eigenvalue weighted by Crippen LogP contribution is 2.27. The molecule has 1 amide bonds. The number of aromatic hydroxyl groups is 1. The van der Waals surface area contributed by atoms with Crippen LogP contribution in [0.1, 0.15) is 5.56 Å². The summed E-state index contributed by atoms with van der Waals surface area (Å²) >= 11 is 0. The maximum atomic E-state index is 11.4. The van der Waals surface area contributed by atoms with Gasteiger partial charge in [-0.25, -0.2) is 4.79 Å². The van der Waals surface area contributed by atoms with Crippen molar-refractivity contribution in [1.29, 1.82) is 0 Å². The normalized spacial score (nSPS) is 11.0. The zero-order chi connectivity index (χ0) is 15.3. The van der Waals surface area contributed by atoms with Crippen LogP contribution in [0.3, 0.4) is 0 Å². The van der Waals surface area contributed by atoms with Crippen LogP contribution in [-0.2, 0) is 16.0 Å². The number of nitrogens with zero attached hydrogens (tertiary/aromatic N) is 1. The van der Waals surface area contributed by atoms with Gasteiger partial charge in [0, 0.05) is 14.1 Å². The van der Waals surface area contributed by atoms with Crippen molar-refractivity contribution in [2.45, 2.75) is 12.5 Å². The van der Waals surface area contributed by atoms with Crippen LogP contribution in [0.25, 0.3) is 0 Å². The number of hydrogen-bond donors (Lipinski definition) is 2. The number of hydrogen-bond acceptors (Lipinski definition) is 6. The molecular formula is C13H18ClN2O5-. The van der Waals surface area contributed by atoms with Crippen molar-refractivity contribution in [2.75, 3.05) is 21.2 Å². The first kappa shape index (κ1) is 19.0. The third-order valence-corrected chi connectivity index (χ3v) is 2.55. The minimum absolute atomic E-state index is 0. The number of rotatable bonds is 4. The van der Waals surface area contributed by atoms with Gasteiger partial charge in [0.25, 0.3) is 0 Å². The number of methoxy groups -OCH3 is 1. The lowest BCUT2D eigenvalue weighted by molar-refractivity contribution is -0.142. The van der Waals surface area contributed by atoms with Crippen LogP contribution in [0.5, 0.6) is 11.5 Å². The number of amides is 1. The van der Waals surface area contributed by atoms with Gasteiger partial charge in [-0.15, -0.1) is 0 Å². The number of phenolic OH excluding ortho intramolecular Hbond substituents is 1. The summed E-state index contributed by atoms with van der Waals surface area (Å²) in [7, 11) is 4.30. The minimum atomic E-state index is -0.818. The molecule has 0 aromatic heterocycles. The van der Waals surface area contributed by atoms with Crippen LogP contribution in [-0.4, -0.2) is 49.3 Å². The second kappa shape index (κ2) is 8.33. The summed E-state index contributed by atoms with van der Waals surface area (Å²) in [6.45, 7) is 0. The van der Waals surface area contributed by atoms with E-state index < -0.39 is 18.1 Å². The SMILES string of the molecule is COC(=O)[C@@H](N)Cc1ccc(O)c(OC(=O)N(C)C)c1.[Cl-]. The van der Waals surface area contributed by atoms with Gasteiger partial charge in [-0.1, -0.05) is 6.07 Å². The Kier molecular flexibility index (Phi) is 7.54. The van der Waals surface area contributed by atoms with E-state index >= 15 is 0 Å². The molecule has 0 fully saturated rings. The molecule has 0 aliphatic carbocycles. The third kappa shape index (κ3) is 5.49. The fraction of sp³-hybridized carbons (Fsp3) is 0.385. The average Bonchev–Trinajstić information content (AvgIpc) is 2.41. The van der Waals surface area contributed by atoms with Crippen LogP contribution >= 0.6 is 0 Å². The first-order valence-electron chi connectivity index (χ1n) is 5.89. The first-order chi connectivity index (χ1) is 9.35. The van der Waals surface area contributed by atoms with E-state index in [1.54, 1.807) is 6.07 Å². The minimum Gasteiger partial charge on any atom is -1.00 e. The largest absolute Gasteiger partial charge is 1.00 e. The van der Waals surface area contributed by atoms with E-state index in [2.05, 4.69) is 4.74 Å². The van der Waals surface area contributed by atoms with Crippen molar-refractivity contribution in [3.8, 4) is 11.5 Å². The molecular weight excluding hydrogens is 300 g/mol. The van der Waals surface area contributed by atoms with E-state index in [4.69, 9.17) is 10.5 Å². The van der Waals surface area contributed by atoms with Crippen LogP contribution in [0, 0.1) is 0 Å². The Morgan fingerprint density at radius 1 is 1.38 bits per heavy atom. The molecule has 1 aromatic rings. The molecule has 1 aromatic carbocycles. The maximum absolute atomic E-state index is 11.4. The number of halogens is 1. The molecule has 21 heavy (non-hydrogen) atoms. The van der Waals surface area contributed by atoms with E-state index in [1.165, 1.54) is 38.2 Å². The molecule has 7 nitrogen and oxygen atoms in total. The molecule has 0 aliphatic rings. The Morgan fingerprint density at radius 2 is 2.00 bits per heavy atom. The van der Waals surface area contributed by atoms with Crippen molar-refractivity contribution in [2.24, 2.45) is 5.73 Å². The van der Waals surface area contributed by atoms with Gasteiger partial charge in [0.1, 0.15) is 6.04 Å². The third-order valence-electron chi connectivity index (χ3n) is 2.55. The molecule has 0 spiro atoms. The summed E-state index contributed by atoms with van der Waals surface area (Å²) in [4.78, 5) is 23.9. The molecule has 3 N–H and O–H groups in total. The zero-order valence-electron chi connectivity index (χ0n) is 12.0. The first-order valence-corrected chi connectivity index (χ1v) is 5.89. The van der Waals surface area contributed by atoms with Crippen molar-refractivity contribution in [3.63, 3.8) is 0 Å². The maximum Gasteiger partial charge on any atom is 0.414 e. The van der Waals surface area contributed by atoms with E-state index in [-0.39, 0.29) is 30.3 Å². The van der Waals surface area contributed by atoms with Crippen molar-refractivity contribution < 1.29 is 36.6 Å². The standard InChI is InChI=1S/C13H18N2O5.ClH/c1-15(2)13(18)20-11-7-8(4-5-10(11)16)6-9(14)12(17)19-3;/h4-5,7,9,16H,6,14H2,1-3H3;1H/p-1/t9-;/m0./s1. The average molecular weight is 318 g/mol. The molecule has 0 bridgehead atoms. The van der Waals surface area contributed by atoms with E-state index in [9.17, 15) is 14.7 Å². The van der Waals surface area contributed by atoms with Gasteiger partial charge in [0.05, 0.1) is 7.11 Å². The second-order valence-corrected chi connectivity index (χ2v) is 4.40. The van der Waals surface area contributed by atoms with Crippen molar-refractivity contribution in [1.82, 2.24) is 4.90 Å². The van der Waals surface area contributed by atoms with Crippen LogP contribution in [0.2, 0.25) is 0 Å². The molecule has 0 unspecified atom stereocenters. The Balaban J connectivity index is 0.00000400. The summed E-state index contributed by atoms with van der Waals surface area (Å²) in [6.07, 6.45) is -0.408. The highest BCUT2D eigenvalue weighted by molar-refractivity contribution is 5.76. The Bertz CT molecular complexity index is 507. The predicted octanol–water partition coefficient (Wildman–Crippen LogP) is -2.50. The molecule has 1 rings (SSSR count). The number of carbonyl (C=O) groups is 2. The van der Waals surface area contributed by atoms with E-state index in [0.717, 1.165) is 0 Å². The van der Waals surface area contributed by atoms with Gasteiger partial charge < -0.3 is 37.6 Å². The lowest BCUT2D eigenvalue weighted by Crippen LogP contribution is -3.00. The van der Waals surface area contributed by atoms with Gasteiger partial charge in [-0.05, 0) is 24.1 Å². The molecule has 0 heterocycles. The molecule has 0 aliphatic heterocycles. The monoisotopic (exact) mass is 317 g/mol. The number of phenols is 1. The molecule has 0 radical (unpaired) electrons. The number of benzene rings is 1. The fourth-order valence-electron chi connectivity index (χ4n) is 1.44. The molecule has 0 saturated carbocycles. The van der Waals surface area contributed by atoms with Crippen molar-refractivity contribution >= 4 is 12.1 Å². The molecule has 8 heteroatoms. The fourth-order valence-corrected chi connectivity index (χ4v) is 1.44. The summed E-state index contributed by atoms with van der Waals surface area (Å²) < 4.78 is 9.52. The van der Waals surface area contributed by atoms with E-state index in [0.29, 0.717) is 5.56 Å². The van der Waals surface area contributed by atoms with Gasteiger partial charge in [0.15, 0.2) is 11.5 Å². The smallest absolute Gasteiger partial charge is 0.414 e. The van der Waals surface area contributed by atoms with Crippen LogP contribution in [0.4, 0.5) is 4.79 Å². The van der Waals surface area contributed by atoms with Crippen LogP contribution in [0.15, 0.2) is 18.2 Å². The Labute approximate surface area is 129 Å². The summed E-state index contributed by atoms with van der Waals surface area (Å²) in [5.74, 6) is -0.696. The summed E-state index contributed by atoms with van der Waals surface area (Å²) in [5.41, 5.74) is 6.29. The second-order valence-electron chi connectivity index (χ2n) is 4.40. The lowest BCUT2D eigenvalue weighted by atomic mass is 10.1. The highest BCUT2D eigenvalue weighted by atomic mass is 35.5. The van der Waals surface area contributed by atoms with Gasteiger partial charge in [-0.3, -0.25) is 4.79 Å².